The third-order valence-electron chi connectivity index (χ3n) is 3.77. The summed E-state index contributed by atoms with van der Waals surface area (Å²) in [5.74, 6) is -0.386. The highest BCUT2D eigenvalue weighted by Gasteiger charge is 2.30. The van der Waals surface area contributed by atoms with Crippen molar-refractivity contribution < 1.29 is 18.0 Å². The minimum absolute atomic E-state index is 0.236. The number of benzene rings is 2. The molecule has 1 aromatic heterocycles. The number of carbonyl (C=O) groups is 1. The molecule has 134 valence electrons. The summed E-state index contributed by atoms with van der Waals surface area (Å²) < 4.78 is 40.9. The van der Waals surface area contributed by atoms with Gasteiger partial charge in [0.05, 0.1) is 28.7 Å². The van der Waals surface area contributed by atoms with Gasteiger partial charge < -0.3 is 5.32 Å². The maximum absolute atomic E-state index is 12.9. The average molecular weight is 424 g/mol. The number of aromatic nitrogens is 2. The molecular weight excluding hydrogens is 411 g/mol. The maximum atomic E-state index is 12.9. The highest BCUT2D eigenvalue weighted by Crippen LogP contribution is 2.30. The van der Waals surface area contributed by atoms with Gasteiger partial charge in [0.25, 0.3) is 5.91 Å². The van der Waals surface area contributed by atoms with Crippen molar-refractivity contribution in [1.82, 2.24) is 9.78 Å². The summed E-state index contributed by atoms with van der Waals surface area (Å²) in [6, 6.07) is 11.8. The molecule has 0 atom stereocenters. The average Bonchev–Trinajstić information content (AvgIpc) is 2.98. The van der Waals surface area contributed by atoms with Crippen molar-refractivity contribution in [1.29, 1.82) is 0 Å². The lowest BCUT2D eigenvalue weighted by Crippen LogP contribution is -2.13. The van der Waals surface area contributed by atoms with Crippen LogP contribution in [-0.4, -0.2) is 15.7 Å². The van der Waals surface area contributed by atoms with E-state index < -0.39 is 11.7 Å². The van der Waals surface area contributed by atoms with Gasteiger partial charge in [-0.3, -0.25) is 4.79 Å². The van der Waals surface area contributed by atoms with E-state index in [1.54, 1.807) is 31.2 Å². The van der Waals surface area contributed by atoms with Gasteiger partial charge in [0.1, 0.15) is 0 Å². The van der Waals surface area contributed by atoms with Crippen LogP contribution in [0.25, 0.3) is 5.69 Å². The Morgan fingerprint density at radius 1 is 1.15 bits per heavy atom. The molecule has 0 saturated heterocycles. The largest absolute Gasteiger partial charge is 0.416 e. The van der Waals surface area contributed by atoms with Crippen LogP contribution in [0.4, 0.5) is 18.9 Å². The van der Waals surface area contributed by atoms with Crippen LogP contribution >= 0.6 is 15.9 Å². The van der Waals surface area contributed by atoms with Crippen LogP contribution in [0.15, 0.2) is 59.2 Å². The van der Waals surface area contributed by atoms with E-state index in [9.17, 15) is 18.0 Å². The van der Waals surface area contributed by atoms with E-state index in [1.165, 1.54) is 23.0 Å². The SMILES string of the molecule is Cc1c(C(=O)Nc2ccc(Br)cc2)cnn1-c1cccc(C(F)(F)F)c1. The molecule has 0 saturated carbocycles. The first kappa shape index (κ1) is 18.2. The molecule has 1 N–H and O–H groups in total. The lowest BCUT2D eigenvalue weighted by Gasteiger charge is -2.10. The number of nitrogens with one attached hydrogen (secondary N) is 1. The quantitative estimate of drug-likeness (QED) is 0.627. The molecular formula is C18H13BrF3N3O. The molecule has 4 nitrogen and oxygen atoms in total. The lowest BCUT2D eigenvalue weighted by molar-refractivity contribution is -0.137. The summed E-state index contributed by atoms with van der Waals surface area (Å²) in [6.45, 7) is 1.63. The predicted molar refractivity (Wildman–Crippen MR) is 95.4 cm³/mol. The molecule has 3 aromatic rings. The summed E-state index contributed by atoms with van der Waals surface area (Å²) >= 11 is 3.31. The molecule has 0 aliphatic carbocycles. The lowest BCUT2D eigenvalue weighted by atomic mass is 10.2. The van der Waals surface area contributed by atoms with Crippen LogP contribution in [0.5, 0.6) is 0 Å². The van der Waals surface area contributed by atoms with E-state index >= 15 is 0 Å². The molecule has 0 radical (unpaired) electrons. The van der Waals surface area contributed by atoms with Crippen molar-refractivity contribution in [2.75, 3.05) is 5.32 Å². The molecule has 26 heavy (non-hydrogen) atoms. The zero-order valence-electron chi connectivity index (χ0n) is 13.5. The molecule has 0 spiro atoms. The second-order valence-electron chi connectivity index (χ2n) is 5.56. The molecule has 1 amide bonds. The van der Waals surface area contributed by atoms with Crippen molar-refractivity contribution in [2.24, 2.45) is 0 Å². The molecule has 0 aliphatic heterocycles. The number of hydrogen-bond donors (Lipinski definition) is 1. The Hall–Kier alpha value is -2.61. The number of rotatable bonds is 3. The van der Waals surface area contributed by atoms with Gasteiger partial charge in [0, 0.05) is 10.2 Å². The molecule has 1 heterocycles. The first-order valence-corrected chi connectivity index (χ1v) is 8.34. The zero-order chi connectivity index (χ0) is 18.9. The summed E-state index contributed by atoms with van der Waals surface area (Å²) in [7, 11) is 0. The van der Waals surface area contributed by atoms with Gasteiger partial charge in [-0.05, 0) is 49.4 Å². The zero-order valence-corrected chi connectivity index (χ0v) is 15.1. The highest BCUT2D eigenvalue weighted by atomic mass is 79.9. The van der Waals surface area contributed by atoms with Crippen molar-refractivity contribution in [3.63, 3.8) is 0 Å². The van der Waals surface area contributed by atoms with Gasteiger partial charge in [-0.2, -0.15) is 18.3 Å². The molecule has 0 fully saturated rings. The molecule has 2 aromatic carbocycles. The van der Waals surface area contributed by atoms with Gasteiger partial charge in [0.15, 0.2) is 0 Å². The van der Waals surface area contributed by atoms with Gasteiger partial charge >= 0.3 is 6.18 Å². The van der Waals surface area contributed by atoms with Crippen LogP contribution in [0, 0.1) is 6.92 Å². The van der Waals surface area contributed by atoms with Crippen LogP contribution in [-0.2, 0) is 6.18 Å². The Morgan fingerprint density at radius 3 is 2.50 bits per heavy atom. The fraction of sp³-hybridized carbons (Fsp3) is 0.111. The summed E-state index contributed by atoms with van der Waals surface area (Å²) in [6.07, 6.45) is -3.11. The van der Waals surface area contributed by atoms with Crippen molar-refractivity contribution in [3.05, 3.63) is 76.0 Å². The van der Waals surface area contributed by atoms with Crippen molar-refractivity contribution in [3.8, 4) is 5.69 Å². The number of hydrogen-bond acceptors (Lipinski definition) is 2. The third kappa shape index (κ3) is 3.80. The van der Waals surface area contributed by atoms with E-state index in [-0.39, 0.29) is 17.2 Å². The van der Waals surface area contributed by atoms with E-state index in [0.29, 0.717) is 11.4 Å². The molecule has 8 heteroatoms. The highest BCUT2D eigenvalue weighted by molar-refractivity contribution is 9.10. The number of halogens is 4. The third-order valence-corrected chi connectivity index (χ3v) is 4.30. The second-order valence-corrected chi connectivity index (χ2v) is 6.48. The van der Waals surface area contributed by atoms with Gasteiger partial charge in [0.2, 0.25) is 0 Å². The minimum atomic E-state index is -4.45. The number of anilines is 1. The number of nitrogens with zero attached hydrogens (tertiary/aromatic N) is 2. The summed E-state index contributed by atoms with van der Waals surface area (Å²) in [5.41, 5.74) is 0.791. The number of alkyl halides is 3. The normalized spacial score (nSPS) is 11.4. The van der Waals surface area contributed by atoms with Crippen LogP contribution in [0.3, 0.4) is 0 Å². The van der Waals surface area contributed by atoms with Crippen LogP contribution < -0.4 is 5.32 Å². The Bertz CT molecular complexity index is 949. The fourth-order valence-electron chi connectivity index (χ4n) is 2.44. The summed E-state index contributed by atoms with van der Waals surface area (Å²) in [5, 5.41) is 6.80. The predicted octanol–water partition coefficient (Wildman–Crippen LogP) is 5.21. The monoisotopic (exact) mass is 423 g/mol. The first-order valence-electron chi connectivity index (χ1n) is 7.55. The maximum Gasteiger partial charge on any atom is 0.416 e. The fourth-order valence-corrected chi connectivity index (χ4v) is 2.70. The Morgan fingerprint density at radius 2 is 1.85 bits per heavy atom. The van der Waals surface area contributed by atoms with Crippen LogP contribution in [0.1, 0.15) is 21.6 Å². The Labute approximate surface area is 155 Å². The van der Waals surface area contributed by atoms with Gasteiger partial charge in [-0.15, -0.1) is 0 Å². The molecule has 3 rings (SSSR count). The van der Waals surface area contributed by atoms with Crippen molar-refractivity contribution in [2.45, 2.75) is 13.1 Å². The van der Waals surface area contributed by atoms with E-state index in [1.807, 2.05) is 0 Å². The Kier molecular flexibility index (Phi) is 4.86. The molecule has 0 unspecified atom stereocenters. The second kappa shape index (κ2) is 6.95. The van der Waals surface area contributed by atoms with E-state index in [0.717, 1.165) is 16.6 Å². The standard InChI is InChI=1S/C18H13BrF3N3O/c1-11-16(17(26)24-14-7-5-13(19)6-8-14)10-23-25(11)15-4-2-3-12(9-15)18(20,21)22/h2-10H,1H3,(H,24,26). The smallest absolute Gasteiger partial charge is 0.322 e. The number of carbonyl (C=O) groups excluding carboxylic acids is 1. The minimum Gasteiger partial charge on any atom is -0.322 e. The van der Waals surface area contributed by atoms with E-state index in [2.05, 4.69) is 26.3 Å². The molecule has 0 bridgehead atoms. The van der Waals surface area contributed by atoms with Crippen LogP contribution in [0.2, 0.25) is 0 Å². The van der Waals surface area contributed by atoms with Gasteiger partial charge in [-0.25, -0.2) is 4.68 Å². The van der Waals surface area contributed by atoms with Crippen molar-refractivity contribution >= 4 is 27.5 Å². The van der Waals surface area contributed by atoms with Gasteiger partial charge in [-0.1, -0.05) is 22.0 Å². The summed E-state index contributed by atoms with van der Waals surface area (Å²) in [4.78, 5) is 12.4. The topological polar surface area (TPSA) is 46.9 Å². The Balaban J connectivity index is 1.88. The first-order chi connectivity index (χ1) is 12.3. The number of amides is 1. The van der Waals surface area contributed by atoms with E-state index in [4.69, 9.17) is 0 Å². The molecule has 0 aliphatic rings.